The standard InChI is InChI=1S/C11H22N2O/c1-4-9(2)13(3)11(14)8-10-6-5-7-12-10/h9-10,12H,4-8H2,1-3H3. The van der Waals surface area contributed by atoms with E-state index in [9.17, 15) is 4.79 Å². The van der Waals surface area contributed by atoms with Gasteiger partial charge in [0.05, 0.1) is 0 Å². The Hall–Kier alpha value is -0.570. The van der Waals surface area contributed by atoms with Gasteiger partial charge in [-0.3, -0.25) is 4.79 Å². The van der Waals surface area contributed by atoms with Gasteiger partial charge in [-0.15, -0.1) is 0 Å². The fraction of sp³-hybridized carbons (Fsp3) is 0.909. The number of amides is 1. The van der Waals surface area contributed by atoms with Crippen LogP contribution in [0.2, 0.25) is 0 Å². The first-order chi connectivity index (χ1) is 6.65. The third-order valence-electron chi connectivity index (χ3n) is 3.23. The van der Waals surface area contributed by atoms with E-state index in [0.29, 0.717) is 18.5 Å². The van der Waals surface area contributed by atoms with Crippen LogP contribution < -0.4 is 5.32 Å². The van der Waals surface area contributed by atoms with Crippen molar-refractivity contribution in [1.82, 2.24) is 10.2 Å². The van der Waals surface area contributed by atoms with Gasteiger partial charge >= 0.3 is 0 Å². The average molecular weight is 198 g/mol. The first-order valence-electron chi connectivity index (χ1n) is 5.64. The molecular formula is C11H22N2O. The molecule has 1 amide bonds. The highest BCUT2D eigenvalue weighted by molar-refractivity contribution is 5.76. The van der Waals surface area contributed by atoms with Gasteiger partial charge < -0.3 is 10.2 Å². The molecule has 1 heterocycles. The van der Waals surface area contributed by atoms with E-state index in [4.69, 9.17) is 0 Å². The van der Waals surface area contributed by atoms with Crippen molar-refractivity contribution in [3.8, 4) is 0 Å². The molecule has 0 aromatic carbocycles. The average Bonchev–Trinajstić information content (AvgIpc) is 2.68. The van der Waals surface area contributed by atoms with Gasteiger partial charge in [-0.05, 0) is 32.7 Å². The molecule has 2 unspecified atom stereocenters. The van der Waals surface area contributed by atoms with E-state index in [-0.39, 0.29) is 5.91 Å². The van der Waals surface area contributed by atoms with E-state index in [1.165, 1.54) is 6.42 Å². The molecular weight excluding hydrogens is 176 g/mol. The van der Waals surface area contributed by atoms with Gasteiger partial charge in [0.2, 0.25) is 5.91 Å². The third-order valence-corrected chi connectivity index (χ3v) is 3.23. The van der Waals surface area contributed by atoms with E-state index in [0.717, 1.165) is 19.4 Å². The second-order valence-electron chi connectivity index (χ2n) is 4.26. The molecule has 1 saturated heterocycles. The van der Waals surface area contributed by atoms with E-state index in [1.54, 1.807) is 0 Å². The topological polar surface area (TPSA) is 32.3 Å². The molecule has 3 nitrogen and oxygen atoms in total. The second kappa shape index (κ2) is 5.35. The molecule has 0 aromatic rings. The highest BCUT2D eigenvalue weighted by atomic mass is 16.2. The SMILES string of the molecule is CCC(C)N(C)C(=O)CC1CCCN1. The van der Waals surface area contributed by atoms with E-state index >= 15 is 0 Å². The molecule has 1 aliphatic rings. The number of nitrogens with one attached hydrogen (secondary N) is 1. The van der Waals surface area contributed by atoms with Crippen molar-refractivity contribution < 1.29 is 4.79 Å². The Bertz CT molecular complexity index is 188. The molecule has 2 atom stereocenters. The van der Waals surface area contributed by atoms with Crippen LogP contribution >= 0.6 is 0 Å². The van der Waals surface area contributed by atoms with Crippen LogP contribution in [0.25, 0.3) is 0 Å². The molecule has 0 aliphatic carbocycles. The Morgan fingerprint density at radius 2 is 2.36 bits per heavy atom. The van der Waals surface area contributed by atoms with Crippen molar-refractivity contribution in [2.45, 2.75) is 51.6 Å². The van der Waals surface area contributed by atoms with Crippen LogP contribution in [0.1, 0.15) is 39.5 Å². The van der Waals surface area contributed by atoms with Gasteiger partial charge in [0.25, 0.3) is 0 Å². The maximum atomic E-state index is 11.8. The minimum Gasteiger partial charge on any atom is -0.343 e. The van der Waals surface area contributed by atoms with Crippen molar-refractivity contribution in [3.05, 3.63) is 0 Å². The van der Waals surface area contributed by atoms with Crippen molar-refractivity contribution in [2.75, 3.05) is 13.6 Å². The highest BCUT2D eigenvalue weighted by Gasteiger charge is 2.21. The van der Waals surface area contributed by atoms with Crippen molar-refractivity contribution in [3.63, 3.8) is 0 Å². The lowest BCUT2D eigenvalue weighted by atomic mass is 10.1. The van der Waals surface area contributed by atoms with Crippen LogP contribution in [-0.4, -0.2) is 36.5 Å². The molecule has 1 N–H and O–H groups in total. The summed E-state index contributed by atoms with van der Waals surface area (Å²) < 4.78 is 0. The van der Waals surface area contributed by atoms with Crippen LogP contribution in [0.3, 0.4) is 0 Å². The summed E-state index contributed by atoms with van der Waals surface area (Å²) in [5.74, 6) is 0.277. The number of hydrogen-bond donors (Lipinski definition) is 1. The largest absolute Gasteiger partial charge is 0.343 e. The van der Waals surface area contributed by atoms with Crippen LogP contribution in [0.5, 0.6) is 0 Å². The molecule has 0 bridgehead atoms. The smallest absolute Gasteiger partial charge is 0.224 e. The minimum absolute atomic E-state index is 0.277. The Kier molecular flexibility index (Phi) is 4.39. The molecule has 1 fully saturated rings. The molecule has 14 heavy (non-hydrogen) atoms. The Balaban J connectivity index is 2.32. The lowest BCUT2D eigenvalue weighted by molar-refractivity contribution is -0.132. The van der Waals surface area contributed by atoms with Crippen LogP contribution in [-0.2, 0) is 4.79 Å². The highest BCUT2D eigenvalue weighted by Crippen LogP contribution is 2.11. The monoisotopic (exact) mass is 198 g/mol. The number of carbonyl (C=O) groups excluding carboxylic acids is 1. The fourth-order valence-corrected chi connectivity index (χ4v) is 1.81. The fourth-order valence-electron chi connectivity index (χ4n) is 1.81. The lowest BCUT2D eigenvalue weighted by Crippen LogP contribution is -2.38. The van der Waals surface area contributed by atoms with Gasteiger partial charge in [0, 0.05) is 25.6 Å². The first-order valence-corrected chi connectivity index (χ1v) is 5.64. The Morgan fingerprint density at radius 3 is 2.86 bits per heavy atom. The summed E-state index contributed by atoms with van der Waals surface area (Å²) in [4.78, 5) is 13.7. The quantitative estimate of drug-likeness (QED) is 0.740. The first kappa shape index (κ1) is 11.5. The molecule has 82 valence electrons. The van der Waals surface area contributed by atoms with Crippen molar-refractivity contribution in [1.29, 1.82) is 0 Å². The summed E-state index contributed by atoms with van der Waals surface area (Å²) in [6.07, 6.45) is 4.06. The van der Waals surface area contributed by atoms with E-state index in [1.807, 2.05) is 11.9 Å². The van der Waals surface area contributed by atoms with Gasteiger partial charge in [-0.2, -0.15) is 0 Å². The maximum Gasteiger partial charge on any atom is 0.224 e. The van der Waals surface area contributed by atoms with Gasteiger partial charge in [-0.1, -0.05) is 6.92 Å². The summed E-state index contributed by atoms with van der Waals surface area (Å²) in [5.41, 5.74) is 0. The minimum atomic E-state index is 0.277. The van der Waals surface area contributed by atoms with Crippen molar-refractivity contribution >= 4 is 5.91 Å². The number of nitrogens with zero attached hydrogens (tertiary/aromatic N) is 1. The van der Waals surface area contributed by atoms with E-state index in [2.05, 4.69) is 19.2 Å². The van der Waals surface area contributed by atoms with Crippen molar-refractivity contribution in [2.24, 2.45) is 0 Å². The summed E-state index contributed by atoms with van der Waals surface area (Å²) in [7, 11) is 1.91. The number of rotatable bonds is 4. The lowest BCUT2D eigenvalue weighted by Gasteiger charge is -2.25. The predicted octanol–water partition coefficient (Wildman–Crippen LogP) is 1.39. The van der Waals surface area contributed by atoms with Crippen LogP contribution in [0.4, 0.5) is 0 Å². The predicted molar refractivity (Wildman–Crippen MR) is 58.2 cm³/mol. The van der Waals surface area contributed by atoms with Gasteiger partial charge in [0.1, 0.15) is 0 Å². The van der Waals surface area contributed by atoms with Gasteiger partial charge in [0.15, 0.2) is 0 Å². The van der Waals surface area contributed by atoms with Crippen LogP contribution in [0, 0.1) is 0 Å². The van der Waals surface area contributed by atoms with E-state index < -0.39 is 0 Å². The molecule has 0 aromatic heterocycles. The van der Waals surface area contributed by atoms with Crippen LogP contribution in [0.15, 0.2) is 0 Å². The zero-order valence-corrected chi connectivity index (χ0v) is 9.55. The summed E-state index contributed by atoms with van der Waals surface area (Å²) in [6, 6.07) is 0.790. The third kappa shape index (κ3) is 2.98. The number of hydrogen-bond acceptors (Lipinski definition) is 2. The Morgan fingerprint density at radius 1 is 1.64 bits per heavy atom. The molecule has 1 aliphatic heterocycles. The van der Waals surface area contributed by atoms with Gasteiger partial charge in [-0.25, -0.2) is 0 Å². The zero-order valence-electron chi connectivity index (χ0n) is 9.55. The molecule has 3 heteroatoms. The summed E-state index contributed by atoms with van der Waals surface area (Å²) >= 11 is 0. The second-order valence-corrected chi connectivity index (χ2v) is 4.26. The molecule has 1 rings (SSSR count). The summed E-state index contributed by atoms with van der Waals surface area (Å²) in [6.45, 7) is 5.28. The molecule has 0 saturated carbocycles. The molecule has 0 radical (unpaired) electrons. The normalized spacial score (nSPS) is 23.5. The maximum absolute atomic E-state index is 11.8. The summed E-state index contributed by atoms with van der Waals surface area (Å²) in [5, 5.41) is 3.35. The Labute approximate surface area is 86.9 Å². The molecule has 0 spiro atoms. The zero-order chi connectivity index (χ0) is 10.6. The number of carbonyl (C=O) groups is 1.